The van der Waals surface area contributed by atoms with Crippen LogP contribution in [0.5, 0.6) is 5.75 Å². The van der Waals surface area contributed by atoms with E-state index in [2.05, 4.69) is 4.84 Å². The fourth-order valence-electron chi connectivity index (χ4n) is 0.905. The SMILES string of the molecule is COCCOc1ccc(NCl)c(Cl)c1. The molecule has 0 aromatic heterocycles. The molecule has 1 N–H and O–H groups in total. The van der Waals surface area contributed by atoms with Crippen molar-refractivity contribution < 1.29 is 9.47 Å². The second-order valence-corrected chi connectivity index (χ2v) is 3.17. The molecule has 0 bridgehead atoms. The topological polar surface area (TPSA) is 30.5 Å². The van der Waals surface area contributed by atoms with Crippen LogP contribution in [-0.4, -0.2) is 20.3 Å². The third-order valence-corrected chi connectivity index (χ3v) is 2.11. The second kappa shape index (κ2) is 5.96. The Kier molecular flexibility index (Phi) is 4.87. The standard InChI is InChI=1S/C9H11Cl2NO2/c1-13-4-5-14-7-2-3-9(12-11)8(10)6-7/h2-3,6,12H,4-5H2,1H3. The molecule has 0 spiro atoms. The van der Waals surface area contributed by atoms with Gasteiger partial charge in [-0.15, -0.1) is 0 Å². The molecule has 0 amide bonds. The molecule has 0 aliphatic carbocycles. The van der Waals surface area contributed by atoms with E-state index in [-0.39, 0.29) is 0 Å². The van der Waals surface area contributed by atoms with Crippen molar-refractivity contribution >= 4 is 29.1 Å². The first-order valence-electron chi connectivity index (χ1n) is 4.06. The Morgan fingerprint density at radius 1 is 1.36 bits per heavy atom. The number of nitrogens with one attached hydrogen (secondary N) is 1. The summed E-state index contributed by atoms with van der Waals surface area (Å²) in [7, 11) is 1.62. The number of hydrogen-bond donors (Lipinski definition) is 1. The number of ether oxygens (including phenoxy) is 2. The van der Waals surface area contributed by atoms with Gasteiger partial charge in [-0.1, -0.05) is 11.6 Å². The van der Waals surface area contributed by atoms with Gasteiger partial charge < -0.3 is 9.47 Å². The summed E-state index contributed by atoms with van der Waals surface area (Å²) >= 11 is 11.3. The van der Waals surface area contributed by atoms with Gasteiger partial charge in [-0.25, -0.2) is 0 Å². The summed E-state index contributed by atoms with van der Waals surface area (Å²) in [6.45, 7) is 1.05. The van der Waals surface area contributed by atoms with Crippen molar-refractivity contribution in [2.45, 2.75) is 0 Å². The van der Waals surface area contributed by atoms with Crippen molar-refractivity contribution in [3.63, 3.8) is 0 Å². The van der Waals surface area contributed by atoms with Gasteiger partial charge in [0, 0.05) is 25.0 Å². The lowest BCUT2D eigenvalue weighted by atomic mass is 10.3. The Labute approximate surface area is 93.0 Å². The second-order valence-electron chi connectivity index (χ2n) is 2.58. The Morgan fingerprint density at radius 2 is 2.14 bits per heavy atom. The molecule has 0 radical (unpaired) electrons. The lowest BCUT2D eigenvalue weighted by Crippen LogP contribution is -2.04. The number of anilines is 1. The van der Waals surface area contributed by atoms with Gasteiger partial charge in [0.25, 0.3) is 0 Å². The van der Waals surface area contributed by atoms with Gasteiger partial charge in [0.1, 0.15) is 12.4 Å². The fraction of sp³-hybridized carbons (Fsp3) is 0.333. The van der Waals surface area contributed by atoms with Crippen LogP contribution in [0.2, 0.25) is 5.02 Å². The molecule has 1 rings (SSSR count). The molecular weight excluding hydrogens is 225 g/mol. The number of methoxy groups -OCH3 is 1. The minimum Gasteiger partial charge on any atom is -0.491 e. The van der Waals surface area contributed by atoms with Crippen LogP contribution < -0.4 is 9.57 Å². The largest absolute Gasteiger partial charge is 0.491 e. The molecule has 0 aliphatic rings. The van der Waals surface area contributed by atoms with Crippen molar-refractivity contribution in [3.8, 4) is 5.75 Å². The van der Waals surface area contributed by atoms with E-state index < -0.39 is 0 Å². The van der Waals surface area contributed by atoms with Gasteiger partial charge in [-0.3, -0.25) is 4.84 Å². The molecule has 0 heterocycles. The van der Waals surface area contributed by atoms with Crippen LogP contribution in [-0.2, 0) is 4.74 Å². The predicted molar refractivity (Wildman–Crippen MR) is 58.3 cm³/mol. The van der Waals surface area contributed by atoms with E-state index in [1.165, 1.54) is 0 Å². The van der Waals surface area contributed by atoms with Crippen LogP contribution in [0.1, 0.15) is 0 Å². The zero-order chi connectivity index (χ0) is 10.4. The molecule has 78 valence electrons. The number of benzene rings is 1. The van der Waals surface area contributed by atoms with E-state index in [1.807, 2.05) is 0 Å². The Balaban J connectivity index is 2.57. The third-order valence-electron chi connectivity index (χ3n) is 1.60. The van der Waals surface area contributed by atoms with Crippen LogP contribution >= 0.6 is 23.4 Å². The lowest BCUT2D eigenvalue weighted by molar-refractivity contribution is 0.146. The van der Waals surface area contributed by atoms with E-state index in [0.29, 0.717) is 29.7 Å². The zero-order valence-corrected chi connectivity index (χ0v) is 9.23. The minimum absolute atomic E-state index is 0.500. The maximum Gasteiger partial charge on any atom is 0.121 e. The Bertz CT molecular complexity index is 294. The minimum atomic E-state index is 0.500. The van der Waals surface area contributed by atoms with Gasteiger partial charge in [0.05, 0.1) is 17.3 Å². The van der Waals surface area contributed by atoms with Gasteiger partial charge in [-0.2, -0.15) is 0 Å². The molecule has 5 heteroatoms. The van der Waals surface area contributed by atoms with Crippen molar-refractivity contribution in [3.05, 3.63) is 23.2 Å². The molecule has 3 nitrogen and oxygen atoms in total. The van der Waals surface area contributed by atoms with Crippen LogP contribution in [0.25, 0.3) is 0 Å². The summed E-state index contributed by atoms with van der Waals surface area (Å²) in [4.78, 5) is 2.45. The quantitative estimate of drug-likeness (QED) is 0.629. The van der Waals surface area contributed by atoms with E-state index in [0.717, 1.165) is 0 Å². The number of rotatable bonds is 5. The summed E-state index contributed by atoms with van der Waals surface area (Å²) < 4.78 is 10.2. The highest BCUT2D eigenvalue weighted by atomic mass is 35.5. The average Bonchev–Trinajstić information content (AvgIpc) is 2.18. The summed E-state index contributed by atoms with van der Waals surface area (Å²) in [5.74, 6) is 0.697. The summed E-state index contributed by atoms with van der Waals surface area (Å²) in [6.07, 6.45) is 0. The molecule has 0 fully saturated rings. The summed E-state index contributed by atoms with van der Waals surface area (Å²) in [6, 6.07) is 5.23. The van der Waals surface area contributed by atoms with Gasteiger partial charge >= 0.3 is 0 Å². The smallest absolute Gasteiger partial charge is 0.121 e. The molecule has 0 aliphatic heterocycles. The molecule has 1 aromatic carbocycles. The van der Waals surface area contributed by atoms with Crippen LogP contribution in [0.15, 0.2) is 18.2 Å². The maximum absolute atomic E-state index is 5.88. The monoisotopic (exact) mass is 235 g/mol. The molecular formula is C9H11Cl2NO2. The average molecular weight is 236 g/mol. The van der Waals surface area contributed by atoms with Crippen LogP contribution in [0.4, 0.5) is 5.69 Å². The highest BCUT2D eigenvalue weighted by Gasteiger charge is 2.00. The number of hydrogen-bond acceptors (Lipinski definition) is 3. The molecule has 14 heavy (non-hydrogen) atoms. The van der Waals surface area contributed by atoms with Crippen LogP contribution in [0, 0.1) is 0 Å². The van der Waals surface area contributed by atoms with Gasteiger partial charge in [0.15, 0.2) is 0 Å². The molecule has 0 saturated heterocycles. The molecule has 0 saturated carbocycles. The summed E-state index contributed by atoms with van der Waals surface area (Å²) in [5.41, 5.74) is 0.660. The van der Waals surface area contributed by atoms with Crippen molar-refractivity contribution in [1.29, 1.82) is 0 Å². The molecule has 0 atom stereocenters. The normalized spacial score (nSPS) is 9.93. The highest BCUT2D eigenvalue weighted by molar-refractivity contribution is 6.35. The molecule has 1 aromatic rings. The van der Waals surface area contributed by atoms with Crippen molar-refractivity contribution in [2.24, 2.45) is 0 Å². The first kappa shape index (κ1) is 11.4. The Morgan fingerprint density at radius 3 is 2.71 bits per heavy atom. The van der Waals surface area contributed by atoms with E-state index >= 15 is 0 Å². The van der Waals surface area contributed by atoms with E-state index in [1.54, 1.807) is 25.3 Å². The van der Waals surface area contributed by atoms with Crippen LogP contribution in [0.3, 0.4) is 0 Å². The van der Waals surface area contributed by atoms with Gasteiger partial charge in [0.2, 0.25) is 0 Å². The molecule has 0 unspecified atom stereocenters. The van der Waals surface area contributed by atoms with Crippen molar-refractivity contribution in [1.82, 2.24) is 0 Å². The Hall–Kier alpha value is -0.640. The summed E-state index contributed by atoms with van der Waals surface area (Å²) in [5, 5.41) is 0.523. The number of halogens is 2. The first-order chi connectivity index (χ1) is 6.77. The van der Waals surface area contributed by atoms with Crippen molar-refractivity contribution in [2.75, 3.05) is 25.2 Å². The van der Waals surface area contributed by atoms with E-state index in [9.17, 15) is 0 Å². The fourth-order valence-corrected chi connectivity index (χ4v) is 1.34. The highest BCUT2D eigenvalue weighted by Crippen LogP contribution is 2.27. The first-order valence-corrected chi connectivity index (χ1v) is 4.81. The predicted octanol–water partition coefficient (Wildman–Crippen LogP) is 2.93. The zero-order valence-electron chi connectivity index (χ0n) is 7.72. The third kappa shape index (κ3) is 3.25. The lowest BCUT2D eigenvalue weighted by Gasteiger charge is -2.07. The van der Waals surface area contributed by atoms with E-state index in [4.69, 9.17) is 32.9 Å². The van der Waals surface area contributed by atoms with Gasteiger partial charge in [-0.05, 0) is 12.1 Å². The maximum atomic E-state index is 5.88.